The summed E-state index contributed by atoms with van der Waals surface area (Å²) in [5.41, 5.74) is 2.38. The van der Waals surface area contributed by atoms with Crippen molar-refractivity contribution in [3.63, 3.8) is 0 Å². The van der Waals surface area contributed by atoms with Gasteiger partial charge in [0.05, 0.1) is 0 Å². The van der Waals surface area contributed by atoms with Crippen LogP contribution < -0.4 is 0 Å². The Morgan fingerprint density at radius 1 is 0.800 bits per heavy atom. The molecule has 0 atom stereocenters. The second-order valence-electron chi connectivity index (χ2n) is 3.13. The molecule has 0 aromatic carbocycles. The first-order chi connectivity index (χ1) is 7.45. The van der Waals surface area contributed by atoms with Gasteiger partial charge in [0.1, 0.15) is 0 Å². The maximum atomic E-state index is 4.31. The van der Waals surface area contributed by atoms with E-state index in [2.05, 4.69) is 22.1 Å². The number of hydrogen-bond donors (Lipinski definition) is 0. The van der Waals surface area contributed by atoms with Gasteiger partial charge in [0.25, 0.3) is 0 Å². The zero-order valence-electron chi connectivity index (χ0n) is 8.34. The zero-order valence-corrected chi connectivity index (χ0v) is 10.0. The molecule has 0 aliphatic heterocycles. The van der Waals surface area contributed by atoms with Crippen molar-refractivity contribution in [1.29, 1.82) is 0 Å². The summed E-state index contributed by atoms with van der Waals surface area (Å²) in [7, 11) is 0. The van der Waals surface area contributed by atoms with Crippen molar-refractivity contribution in [1.82, 2.24) is 9.97 Å². The number of rotatable bonds is 4. The summed E-state index contributed by atoms with van der Waals surface area (Å²) < 4.78 is 0. The molecule has 0 unspecified atom stereocenters. The van der Waals surface area contributed by atoms with Crippen LogP contribution in [0.5, 0.6) is 0 Å². The van der Waals surface area contributed by atoms with E-state index in [4.69, 9.17) is 0 Å². The second kappa shape index (κ2) is 5.64. The first kappa shape index (κ1) is 10.3. The predicted octanol–water partition coefficient (Wildman–Crippen LogP) is 1.88. The van der Waals surface area contributed by atoms with Gasteiger partial charge >= 0.3 is 95.7 Å². The van der Waals surface area contributed by atoms with Crippen molar-refractivity contribution in [2.24, 2.45) is 0 Å². The van der Waals surface area contributed by atoms with Gasteiger partial charge in [-0.3, -0.25) is 0 Å². The molecular formula is C12H12N2Se. The molecule has 2 aromatic heterocycles. The number of pyridine rings is 2. The first-order valence-electron chi connectivity index (χ1n) is 4.83. The van der Waals surface area contributed by atoms with E-state index in [1.807, 2.05) is 36.7 Å². The van der Waals surface area contributed by atoms with Crippen LogP contribution in [-0.2, 0) is 10.6 Å². The van der Waals surface area contributed by atoms with Crippen molar-refractivity contribution in [3.8, 4) is 0 Å². The van der Waals surface area contributed by atoms with Crippen molar-refractivity contribution in [3.05, 3.63) is 60.2 Å². The van der Waals surface area contributed by atoms with Gasteiger partial charge in [-0.25, -0.2) is 0 Å². The summed E-state index contributed by atoms with van der Waals surface area (Å²) in [4.78, 5) is 8.61. The molecule has 0 aliphatic carbocycles. The Morgan fingerprint density at radius 3 is 1.73 bits per heavy atom. The molecule has 15 heavy (non-hydrogen) atoms. The quantitative estimate of drug-likeness (QED) is 0.787. The summed E-state index contributed by atoms with van der Waals surface area (Å²) in [6.07, 6.45) is 3.71. The number of hydrogen-bond acceptors (Lipinski definition) is 2. The normalized spacial score (nSPS) is 10.1. The van der Waals surface area contributed by atoms with E-state index in [0.717, 1.165) is 10.6 Å². The monoisotopic (exact) mass is 264 g/mol. The van der Waals surface area contributed by atoms with E-state index in [1.165, 1.54) is 11.4 Å². The number of aromatic nitrogens is 2. The fourth-order valence-corrected chi connectivity index (χ4v) is 3.04. The molecule has 0 radical (unpaired) electrons. The molecule has 0 fully saturated rings. The Bertz CT molecular complexity index is 349. The van der Waals surface area contributed by atoms with Gasteiger partial charge in [-0.1, -0.05) is 0 Å². The molecule has 0 amide bonds. The fourth-order valence-electron chi connectivity index (χ4n) is 1.23. The van der Waals surface area contributed by atoms with Crippen LogP contribution in [0.3, 0.4) is 0 Å². The van der Waals surface area contributed by atoms with Crippen LogP contribution in [-0.4, -0.2) is 24.9 Å². The first-order valence-corrected chi connectivity index (χ1v) is 7.25. The molecule has 3 heteroatoms. The molecule has 2 rings (SSSR count). The minimum atomic E-state index is 0.558. The van der Waals surface area contributed by atoms with Gasteiger partial charge < -0.3 is 0 Å². The van der Waals surface area contributed by atoms with Crippen LogP contribution in [0.4, 0.5) is 0 Å². The van der Waals surface area contributed by atoms with Crippen LogP contribution >= 0.6 is 0 Å². The summed E-state index contributed by atoms with van der Waals surface area (Å²) in [6, 6.07) is 12.2. The van der Waals surface area contributed by atoms with Gasteiger partial charge in [0, 0.05) is 0 Å². The SMILES string of the molecule is c1ccc(C[Se]Cc2ccccn2)nc1. The summed E-state index contributed by atoms with van der Waals surface area (Å²) in [5.74, 6) is 0. The molecule has 0 bridgehead atoms. The molecule has 0 N–H and O–H groups in total. The van der Waals surface area contributed by atoms with Crippen LogP contribution in [0, 0.1) is 0 Å². The van der Waals surface area contributed by atoms with E-state index in [0.29, 0.717) is 15.0 Å². The van der Waals surface area contributed by atoms with Crippen molar-refractivity contribution in [2.45, 2.75) is 10.6 Å². The average Bonchev–Trinajstić information content (AvgIpc) is 2.32. The predicted molar refractivity (Wildman–Crippen MR) is 61.6 cm³/mol. The van der Waals surface area contributed by atoms with Gasteiger partial charge in [-0.15, -0.1) is 0 Å². The van der Waals surface area contributed by atoms with Crippen molar-refractivity contribution >= 4 is 15.0 Å². The third-order valence-corrected chi connectivity index (χ3v) is 4.05. The van der Waals surface area contributed by atoms with E-state index >= 15 is 0 Å². The van der Waals surface area contributed by atoms with Crippen LogP contribution in [0.15, 0.2) is 48.8 Å². The molecular weight excluding hydrogens is 251 g/mol. The molecule has 2 nitrogen and oxygen atoms in total. The van der Waals surface area contributed by atoms with Crippen LogP contribution in [0.25, 0.3) is 0 Å². The average molecular weight is 263 g/mol. The molecule has 2 aromatic rings. The molecule has 0 spiro atoms. The van der Waals surface area contributed by atoms with E-state index in [9.17, 15) is 0 Å². The standard InChI is InChI=1S/C12H12N2Se/c1-3-7-13-11(5-1)9-15-10-12-6-2-4-8-14-12/h1-8H,9-10H2. The van der Waals surface area contributed by atoms with Crippen LogP contribution in [0.1, 0.15) is 11.4 Å². The van der Waals surface area contributed by atoms with Gasteiger partial charge in [0.2, 0.25) is 0 Å². The Morgan fingerprint density at radius 2 is 1.33 bits per heavy atom. The zero-order chi connectivity index (χ0) is 10.3. The third-order valence-electron chi connectivity index (χ3n) is 1.95. The van der Waals surface area contributed by atoms with Gasteiger partial charge in [0.15, 0.2) is 0 Å². The van der Waals surface area contributed by atoms with E-state index in [1.54, 1.807) is 0 Å². The minimum absolute atomic E-state index is 0.558. The van der Waals surface area contributed by atoms with Crippen molar-refractivity contribution in [2.75, 3.05) is 0 Å². The maximum absolute atomic E-state index is 4.31. The fraction of sp³-hybridized carbons (Fsp3) is 0.167. The summed E-state index contributed by atoms with van der Waals surface area (Å²) in [5, 5.41) is 2.18. The summed E-state index contributed by atoms with van der Waals surface area (Å²) in [6.45, 7) is 0. The number of nitrogens with zero attached hydrogens (tertiary/aromatic N) is 2. The van der Waals surface area contributed by atoms with Gasteiger partial charge in [-0.05, 0) is 0 Å². The molecule has 0 saturated carbocycles. The van der Waals surface area contributed by atoms with Gasteiger partial charge in [-0.2, -0.15) is 0 Å². The Balaban J connectivity index is 1.81. The van der Waals surface area contributed by atoms with E-state index in [-0.39, 0.29) is 0 Å². The summed E-state index contributed by atoms with van der Waals surface area (Å²) >= 11 is 0.558. The second-order valence-corrected chi connectivity index (χ2v) is 5.20. The Kier molecular flexibility index (Phi) is 3.89. The molecule has 0 saturated heterocycles. The topological polar surface area (TPSA) is 25.8 Å². The Hall–Kier alpha value is -1.18. The third kappa shape index (κ3) is 3.46. The molecule has 2 heterocycles. The van der Waals surface area contributed by atoms with Crippen LogP contribution in [0.2, 0.25) is 0 Å². The Labute approximate surface area is 95.9 Å². The van der Waals surface area contributed by atoms with E-state index < -0.39 is 0 Å². The molecule has 76 valence electrons. The molecule has 0 aliphatic rings. The van der Waals surface area contributed by atoms with Crippen molar-refractivity contribution < 1.29 is 0 Å².